The van der Waals surface area contributed by atoms with Gasteiger partial charge in [-0.15, -0.1) is 11.3 Å². The Kier molecular flexibility index (Phi) is 7.03. The lowest BCUT2D eigenvalue weighted by atomic mass is 10.1. The summed E-state index contributed by atoms with van der Waals surface area (Å²) in [7, 11) is 4.92. The minimum absolute atomic E-state index is 0.129. The van der Waals surface area contributed by atoms with E-state index in [-0.39, 0.29) is 11.8 Å². The number of hydrogen-bond acceptors (Lipinski definition) is 5. The van der Waals surface area contributed by atoms with Crippen LogP contribution in [-0.2, 0) is 11.2 Å². The maximum absolute atomic E-state index is 12.5. The first kappa shape index (κ1) is 19.8. The number of nitrogens with zero attached hydrogens (tertiary/aromatic N) is 1. The van der Waals surface area contributed by atoms with Gasteiger partial charge >= 0.3 is 0 Å². The van der Waals surface area contributed by atoms with Crippen LogP contribution in [-0.4, -0.2) is 50.6 Å². The minimum atomic E-state index is -0.583. The van der Waals surface area contributed by atoms with Crippen molar-refractivity contribution in [2.24, 2.45) is 0 Å². The third-order valence-electron chi connectivity index (χ3n) is 4.02. The van der Waals surface area contributed by atoms with Crippen molar-refractivity contribution in [2.45, 2.75) is 19.4 Å². The van der Waals surface area contributed by atoms with Crippen LogP contribution < -0.4 is 14.8 Å². The van der Waals surface area contributed by atoms with Crippen LogP contribution in [0.1, 0.15) is 22.2 Å². The summed E-state index contributed by atoms with van der Waals surface area (Å²) in [5.41, 5.74) is 1.04. The number of hydrogen-bond donors (Lipinski definition) is 1. The summed E-state index contributed by atoms with van der Waals surface area (Å²) >= 11 is 1.35. The van der Waals surface area contributed by atoms with Gasteiger partial charge in [0, 0.05) is 13.6 Å². The summed E-state index contributed by atoms with van der Waals surface area (Å²) in [6, 6.07) is 8.65. The molecule has 26 heavy (non-hydrogen) atoms. The monoisotopic (exact) mass is 376 g/mol. The van der Waals surface area contributed by atoms with Gasteiger partial charge in [-0.05, 0) is 42.5 Å². The summed E-state index contributed by atoms with van der Waals surface area (Å²) in [6.07, 6.45) is 0.675. The van der Waals surface area contributed by atoms with Crippen molar-refractivity contribution in [2.75, 3.05) is 27.8 Å². The van der Waals surface area contributed by atoms with Gasteiger partial charge in [-0.1, -0.05) is 12.1 Å². The molecule has 0 unspecified atom stereocenters. The van der Waals surface area contributed by atoms with E-state index < -0.39 is 6.04 Å². The molecule has 0 fully saturated rings. The average Bonchev–Trinajstić information content (AvgIpc) is 3.19. The highest BCUT2D eigenvalue weighted by atomic mass is 32.1. The molecule has 1 atom stereocenters. The lowest BCUT2D eigenvalue weighted by molar-refractivity contribution is -0.131. The largest absolute Gasteiger partial charge is 0.493 e. The van der Waals surface area contributed by atoms with E-state index in [4.69, 9.17) is 9.47 Å². The molecule has 2 aromatic rings. The summed E-state index contributed by atoms with van der Waals surface area (Å²) in [6.45, 7) is 2.23. The zero-order valence-electron chi connectivity index (χ0n) is 15.4. The zero-order valence-corrected chi connectivity index (χ0v) is 16.3. The Bertz CT molecular complexity index is 746. The molecule has 0 radical (unpaired) electrons. The second kappa shape index (κ2) is 9.24. The van der Waals surface area contributed by atoms with Gasteiger partial charge in [-0.2, -0.15) is 0 Å². The van der Waals surface area contributed by atoms with Crippen LogP contribution in [0.25, 0.3) is 0 Å². The Morgan fingerprint density at radius 1 is 1.19 bits per heavy atom. The summed E-state index contributed by atoms with van der Waals surface area (Å²) in [5, 5.41) is 4.57. The minimum Gasteiger partial charge on any atom is -0.493 e. The highest BCUT2D eigenvalue weighted by molar-refractivity contribution is 7.12. The molecule has 2 amide bonds. The van der Waals surface area contributed by atoms with Gasteiger partial charge in [0.15, 0.2) is 11.5 Å². The fourth-order valence-electron chi connectivity index (χ4n) is 2.51. The van der Waals surface area contributed by atoms with Gasteiger partial charge in [-0.3, -0.25) is 9.59 Å². The molecule has 0 spiro atoms. The Morgan fingerprint density at radius 2 is 1.92 bits per heavy atom. The molecular formula is C19H24N2O4S. The zero-order chi connectivity index (χ0) is 19.1. The molecule has 0 aliphatic carbocycles. The fraction of sp³-hybridized carbons (Fsp3) is 0.368. The topological polar surface area (TPSA) is 67.9 Å². The maximum Gasteiger partial charge on any atom is 0.261 e. The Morgan fingerprint density at radius 3 is 2.54 bits per heavy atom. The molecule has 140 valence electrons. The predicted octanol–water partition coefficient (Wildman–Crippen LogP) is 2.58. The number of carbonyl (C=O) groups excluding carboxylic acids is 2. The molecule has 7 heteroatoms. The number of benzene rings is 1. The molecule has 1 aromatic heterocycles. The van der Waals surface area contributed by atoms with Gasteiger partial charge in [0.25, 0.3) is 5.91 Å². The normalized spacial score (nSPS) is 11.5. The van der Waals surface area contributed by atoms with Crippen LogP contribution in [0.4, 0.5) is 0 Å². The molecule has 1 N–H and O–H groups in total. The summed E-state index contributed by atoms with van der Waals surface area (Å²) < 4.78 is 10.5. The van der Waals surface area contributed by atoms with E-state index in [0.717, 1.165) is 5.56 Å². The first-order chi connectivity index (χ1) is 12.5. The van der Waals surface area contributed by atoms with Crippen LogP contribution in [0.15, 0.2) is 35.7 Å². The number of likely N-dealkylation sites (N-methyl/N-ethyl adjacent to an activating group) is 1. The Hall–Kier alpha value is -2.54. The third kappa shape index (κ3) is 4.98. The molecular weight excluding hydrogens is 352 g/mol. The van der Waals surface area contributed by atoms with Crippen LogP contribution in [0.2, 0.25) is 0 Å². The average molecular weight is 376 g/mol. The molecule has 1 aromatic carbocycles. The first-order valence-electron chi connectivity index (χ1n) is 8.26. The van der Waals surface area contributed by atoms with E-state index in [1.54, 1.807) is 45.2 Å². The van der Waals surface area contributed by atoms with Gasteiger partial charge in [-0.25, -0.2) is 0 Å². The number of carbonyl (C=O) groups is 2. The van der Waals surface area contributed by atoms with Crippen molar-refractivity contribution >= 4 is 23.2 Å². The lowest BCUT2D eigenvalue weighted by Crippen LogP contribution is -2.45. The van der Waals surface area contributed by atoms with Gasteiger partial charge in [0.05, 0.1) is 19.1 Å². The Labute approximate surface area is 157 Å². The molecule has 0 bridgehead atoms. The summed E-state index contributed by atoms with van der Waals surface area (Å²) in [5.74, 6) is 0.977. The van der Waals surface area contributed by atoms with E-state index in [1.165, 1.54) is 11.3 Å². The first-order valence-corrected chi connectivity index (χ1v) is 9.14. The van der Waals surface area contributed by atoms with Crippen molar-refractivity contribution in [3.63, 3.8) is 0 Å². The molecule has 0 aliphatic rings. The highest BCUT2D eigenvalue weighted by Gasteiger charge is 2.20. The number of amides is 2. The molecule has 1 heterocycles. The van der Waals surface area contributed by atoms with Crippen molar-refractivity contribution in [3.8, 4) is 11.5 Å². The number of rotatable bonds is 8. The van der Waals surface area contributed by atoms with E-state index in [9.17, 15) is 9.59 Å². The predicted molar refractivity (Wildman–Crippen MR) is 102 cm³/mol. The standard InChI is InChI=1S/C19H24N2O4S/c1-13(20-18(22)17-6-5-11-26-17)19(23)21(2)10-9-14-7-8-15(24-3)16(12-14)25-4/h5-8,11-13H,9-10H2,1-4H3,(H,20,22)/t13-/m1/s1. The van der Waals surface area contributed by atoms with E-state index in [0.29, 0.717) is 29.3 Å². The Balaban J connectivity index is 1.89. The number of thiophene rings is 1. The second-order valence-corrected chi connectivity index (χ2v) is 6.82. The van der Waals surface area contributed by atoms with Crippen LogP contribution in [0.5, 0.6) is 11.5 Å². The number of ether oxygens (including phenoxy) is 2. The van der Waals surface area contributed by atoms with Gasteiger partial charge in [0.1, 0.15) is 6.04 Å². The van der Waals surface area contributed by atoms with Gasteiger partial charge in [0.2, 0.25) is 5.91 Å². The summed E-state index contributed by atoms with van der Waals surface area (Å²) in [4.78, 5) is 26.7. The molecule has 6 nitrogen and oxygen atoms in total. The van der Waals surface area contributed by atoms with Crippen LogP contribution in [0, 0.1) is 0 Å². The van der Waals surface area contributed by atoms with E-state index >= 15 is 0 Å². The van der Waals surface area contributed by atoms with Crippen molar-refractivity contribution < 1.29 is 19.1 Å². The van der Waals surface area contributed by atoms with Crippen molar-refractivity contribution in [1.82, 2.24) is 10.2 Å². The molecule has 0 saturated heterocycles. The van der Waals surface area contributed by atoms with E-state index in [2.05, 4.69) is 5.32 Å². The van der Waals surface area contributed by atoms with E-state index in [1.807, 2.05) is 23.6 Å². The maximum atomic E-state index is 12.5. The van der Waals surface area contributed by atoms with Crippen LogP contribution >= 0.6 is 11.3 Å². The van der Waals surface area contributed by atoms with Gasteiger partial charge < -0.3 is 19.7 Å². The molecule has 0 aliphatic heterocycles. The van der Waals surface area contributed by atoms with Crippen molar-refractivity contribution in [1.29, 1.82) is 0 Å². The van der Waals surface area contributed by atoms with Crippen molar-refractivity contribution in [3.05, 3.63) is 46.2 Å². The van der Waals surface area contributed by atoms with Crippen LogP contribution in [0.3, 0.4) is 0 Å². The highest BCUT2D eigenvalue weighted by Crippen LogP contribution is 2.27. The fourth-order valence-corrected chi connectivity index (χ4v) is 3.14. The second-order valence-electron chi connectivity index (χ2n) is 5.87. The molecule has 2 rings (SSSR count). The quantitative estimate of drug-likeness (QED) is 0.769. The number of methoxy groups -OCH3 is 2. The molecule has 0 saturated carbocycles. The third-order valence-corrected chi connectivity index (χ3v) is 4.89. The lowest BCUT2D eigenvalue weighted by Gasteiger charge is -2.22. The number of nitrogens with one attached hydrogen (secondary N) is 1. The smallest absolute Gasteiger partial charge is 0.261 e. The SMILES string of the molecule is COc1ccc(CCN(C)C(=O)[C@@H](C)NC(=O)c2cccs2)cc1OC.